The first kappa shape index (κ1) is 22.0. The number of carbonyl (C=O) groups is 1. The van der Waals surface area contributed by atoms with Crippen LogP contribution in [0.15, 0.2) is 24.5 Å². The second-order valence-corrected chi connectivity index (χ2v) is 8.18. The minimum absolute atomic E-state index is 0.0605. The average molecular weight is 413 g/mol. The number of alkyl halides is 3. The Morgan fingerprint density at radius 2 is 1.86 bits per heavy atom. The molecule has 5 nitrogen and oxygen atoms in total. The zero-order chi connectivity index (χ0) is 20.7. The molecule has 1 N–H and O–H groups in total. The predicted octanol–water partition coefficient (Wildman–Crippen LogP) is 3.22. The molecule has 1 aromatic heterocycles. The monoisotopic (exact) mass is 412 g/mol. The summed E-state index contributed by atoms with van der Waals surface area (Å²) in [6.07, 6.45) is 2.67. The van der Waals surface area contributed by atoms with Gasteiger partial charge in [0.1, 0.15) is 0 Å². The van der Waals surface area contributed by atoms with E-state index < -0.39 is 12.6 Å². The van der Waals surface area contributed by atoms with Crippen molar-refractivity contribution >= 4 is 5.91 Å². The first-order valence-electron chi connectivity index (χ1n) is 10.6. The van der Waals surface area contributed by atoms with Crippen LogP contribution < -0.4 is 5.32 Å². The summed E-state index contributed by atoms with van der Waals surface area (Å²) in [6.45, 7) is 4.63. The molecule has 162 valence electrons. The number of amides is 1. The van der Waals surface area contributed by atoms with Crippen LogP contribution in [-0.4, -0.2) is 65.6 Å². The van der Waals surface area contributed by atoms with Gasteiger partial charge in [-0.1, -0.05) is 6.07 Å². The Morgan fingerprint density at radius 1 is 1.14 bits per heavy atom. The molecule has 0 radical (unpaired) electrons. The molecule has 0 saturated carbocycles. The number of aromatic nitrogens is 1. The first-order chi connectivity index (χ1) is 13.9. The topological polar surface area (TPSA) is 48.5 Å². The zero-order valence-electron chi connectivity index (χ0n) is 16.8. The van der Waals surface area contributed by atoms with Gasteiger partial charge in [0, 0.05) is 37.3 Å². The van der Waals surface area contributed by atoms with Gasteiger partial charge >= 0.3 is 6.18 Å². The summed E-state index contributed by atoms with van der Waals surface area (Å²) in [6, 6.07) is 4.31. The molecule has 0 aliphatic carbocycles. The molecule has 0 unspecified atom stereocenters. The maximum atomic E-state index is 12.4. The third-order valence-corrected chi connectivity index (χ3v) is 6.10. The van der Waals surface area contributed by atoms with E-state index in [1.165, 1.54) is 0 Å². The van der Waals surface area contributed by atoms with Gasteiger partial charge in [0.2, 0.25) is 5.91 Å². The van der Waals surface area contributed by atoms with Crippen molar-refractivity contribution in [3.05, 3.63) is 30.1 Å². The van der Waals surface area contributed by atoms with Gasteiger partial charge in [-0.3, -0.25) is 9.78 Å². The fraction of sp³-hybridized carbons (Fsp3) is 0.714. The van der Waals surface area contributed by atoms with Crippen molar-refractivity contribution in [1.82, 2.24) is 20.1 Å². The maximum Gasteiger partial charge on any atom is 0.389 e. The molecular weight excluding hydrogens is 381 g/mol. The van der Waals surface area contributed by atoms with E-state index >= 15 is 0 Å². The minimum atomic E-state index is -4.05. The first-order valence-corrected chi connectivity index (χ1v) is 10.6. The normalized spacial score (nSPS) is 20.7. The average Bonchev–Trinajstić information content (AvgIpc) is 2.72. The lowest BCUT2D eigenvalue weighted by Crippen LogP contribution is -2.49. The van der Waals surface area contributed by atoms with E-state index in [0.717, 1.165) is 57.4 Å². The van der Waals surface area contributed by atoms with Crippen LogP contribution in [0.1, 0.15) is 44.1 Å². The molecule has 3 heterocycles. The number of carbonyl (C=O) groups excluding carboxylic acids is 1. The summed E-state index contributed by atoms with van der Waals surface area (Å²) in [5, 5.41) is 3.01. The highest BCUT2D eigenvalue weighted by Crippen LogP contribution is 2.25. The van der Waals surface area contributed by atoms with Crippen LogP contribution in [-0.2, 0) is 11.3 Å². The van der Waals surface area contributed by atoms with Crippen LogP contribution in [0, 0.1) is 5.92 Å². The van der Waals surface area contributed by atoms with E-state index in [2.05, 4.69) is 20.1 Å². The van der Waals surface area contributed by atoms with Gasteiger partial charge < -0.3 is 15.1 Å². The number of rotatable bonds is 7. The number of likely N-dealkylation sites (tertiary alicyclic amines) is 2. The number of piperidine rings is 2. The second kappa shape index (κ2) is 10.4. The Bertz CT molecular complexity index is 625. The molecule has 8 heteroatoms. The third-order valence-electron chi connectivity index (χ3n) is 6.10. The number of pyridine rings is 1. The SMILES string of the molecule is O=C(NCc1cccnc1)C1CCN(C2CCN(CCCC(F)(F)F)CC2)CC1. The lowest BCUT2D eigenvalue weighted by atomic mass is 9.92. The number of hydrogen-bond acceptors (Lipinski definition) is 4. The van der Waals surface area contributed by atoms with Gasteiger partial charge in [-0.25, -0.2) is 0 Å². The summed E-state index contributed by atoms with van der Waals surface area (Å²) in [4.78, 5) is 21.1. The fourth-order valence-electron chi connectivity index (χ4n) is 4.37. The number of halogens is 3. The van der Waals surface area contributed by atoms with Crippen molar-refractivity contribution in [3.8, 4) is 0 Å². The molecule has 2 aliphatic heterocycles. The van der Waals surface area contributed by atoms with Crippen LogP contribution in [0.25, 0.3) is 0 Å². The van der Waals surface area contributed by atoms with Crippen molar-refractivity contribution in [2.24, 2.45) is 5.92 Å². The van der Waals surface area contributed by atoms with Crippen LogP contribution >= 0.6 is 0 Å². The lowest BCUT2D eigenvalue weighted by Gasteiger charge is -2.41. The molecular formula is C21H31F3N4O. The van der Waals surface area contributed by atoms with Gasteiger partial charge in [0.05, 0.1) is 0 Å². The van der Waals surface area contributed by atoms with Crippen LogP contribution in [0.3, 0.4) is 0 Å². The van der Waals surface area contributed by atoms with Gasteiger partial charge in [-0.15, -0.1) is 0 Å². The van der Waals surface area contributed by atoms with Crippen molar-refractivity contribution < 1.29 is 18.0 Å². The smallest absolute Gasteiger partial charge is 0.352 e. The highest BCUT2D eigenvalue weighted by molar-refractivity contribution is 5.78. The summed E-state index contributed by atoms with van der Waals surface area (Å²) >= 11 is 0. The zero-order valence-corrected chi connectivity index (χ0v) is 16.8. The van der Waals surface area contributed by atoms with E-state index in [9.17, 15) is 18.0 Å². The van der Waals surface area contributed by atoms with Gasteiger partial charge in [-0.2, -0.15) is 13.2 Å². The maximum absolute atomic E-state index is 12.4. The van der Waals surface area contributed by atoms with Crippen molar-refractivity contribution in [2.45, 2.75) is 57.3 Å². The summed E-state index contributed by atoms with van der Waals surface area (Å²) in [7, 11) is 0. The summed E-state index contributed by atoms with van der Waals surface area (Å²) in [5.74, 6) is 0.179. The predicted molar refractivity (Wildman–Crippen MR) is 105 cm³/mol. The van der Waals surface area contributed by atoms with Crippen LogP contribution in [0.2, 0.25) is 0 Å². The largest absolute Gasteiger partial charge is 0.389 e. The van der Waals surface area contributed by atoms with E-state index in [1.807, 2.05) is 12.1 Å². The fourth-order valence-corrected chi connectivity index (χ4v) is 4.37. The molecule has 0 aromatic carbocycles. The molecule has 2 fully saturated rings. The van der Waals surface area contributed by atoms with Gasteiger partial charge in [-0.05, 0) is 76.5 Å². The van der Waals surface area contributed by atoms with E-state index in [-0.39, 0.29) is 18.2 Å². The third kappa shape index (κ3) is 7.26. The van der Waals surface area contributed by atoms with Crippen LogP contribution in [0.4, 0.5) is 13.2 Å². The molecule has 3 rings (SSSR count). The molecule has 29 heavy (non-hydrogen) atoms. The van der Waals surface area contributed by atoms with Gasteiger partial charge in [0.15, 0.2) is 0 Å². The quantitative estimate of drug-likeness (QED) is 0.747. The Morgan fingerprint density at radius 3 is 2.48 bits per heavy atom. The molecule has 2 aliphatic rings. The molecule has 0 atom stereocenters. The number of nitrogens with one attached hydrogen (secondary N) is 1. The molecule has 0 bridgehead atoms. The van der Waals surface area contributed by atoms with Crippen molar-refractivity contribution in [2.75, 3.05) is 32.7 Å². The highest BCUT2D eigenvalue weighted by Gasteiger charge is 2.31. The van der Waals surface area contributed by atoms with E-state index in [1.54, 1.807) is 12.4 Å². The Balaban J connectivity index is 1.32. The summed E-state index contributed by atoms with van der Waals surface area (Å²) in [5.41, 5.74) is 1.00. The second-order valence-electron chi connectivity index (χ2n) is 8.18. The Labute approximate surface area is 170 Å². The minimum Gasteiger partial charge on any atom is -0.352 e. The van der Waals surface area contributed by atoms with E-state index in [4.69, 9.17) is 0 Å². The lowest BCUT2D eigenvalue weighted by molar-refractivity contribution is -0.136. The van der Waals surface area contributed by atoms with E-state index in [0.29, 0.717) is 19.1 Å². The number of hydrogen-bond donors (Lipinski definition) is 1. The van der Waals surface area contributed by atoms with Crippen molar-refractivity contribution in [3.63, 3.8) is 0 Å². The standard InChI is InChI=1S/C21H31F3N4O/c22-21(23,24)8-2-10-27-11-6-19(7-12-27)28-13-4-18(5-14-28)20(29)26-16-17-3-1-9-25-15-17/h1,3,9,15,18-19H,2,4-8,10-14,16H2,(H,26,29). The Kier molecular flexibility index (Phi) is 7.89. The Hall–Kier alpha value is -1.67. The molecule has 0 spiro atoms. The molecule has 1 amide bonds. The highest BCUT2D eigenvalue weighted by atomic mass is 19.4. The molecule has 2 saturated heterocycles. The summed E-state index contributed by atoms with van der Waals surface area (Å²) < 4.78 is 36.8. The van der Waals surface area contributed by atoms with Crippen LogP contribution in [0.5, 0.6) is 0 Å². The number of nitrogens with zero attached hydrogens (tertiary/aromatic N) is 3. The molecule has 1 aromatic rings. The van der Waals surface area contributed by atoms with Gasteiger partial charge in [0.25, 0.3) is 0 Å². The van der Waals surface area contributed by atoms with Crippen molar-refractivity contribution in [1.29, 1.82) is 0 Å².